The Hall–Kier alpha value is -1.98. The minimum absolute atomic E-state index is 0.281. The maximum Gasteiger partial charge on any atom is 0.342 e. The molecule has 6 heteroatoms. The molecule has 0 aromatic rings. The van der Waals surface area contributed by atoms with Gasteiger partial charge in [-0.15, -0.1) is 0 Å². The summed E-state index contributed by atoms with van der Waals surface area (Å²) in [6.45, 7) is 0. The number of carbonyl (C=O) groups is 4. The third kappa shape index (κ3) is 1.48. The van der Waals surface area contributed by atoms with Gasteiger partial charge >= 0.3 is 23.9 Å². The predicted octanol–water partition coefficient (Wildman–Crippen LogP) is 0.256. The summed E-state index contributed by atoms with van der Waals surface area (Å²) in [5, 5.41) is 0. The topological polar surface area (TPSA) is 86.7 Å². The molecule has 3 aliphatic rings. The van der Waals surface area contributed by atoms with Crippen molar-refractivity contribution in [1.82, 2.24) is 0 Å². The average molecular weight is 250 g/mol. The van der Waals surface area contributed by atoms with Crippen LogP contribution in [0.1, 0.15) is 25.7 Å². The van der Waals surface area contributed by atoms with Crippen LogP contribution in [-0.4, -0.2) is 23.9 Å². The van der Waals surface area contributed by atoms with Crippen LogP contribution in [0, 0.1) is 11.8 Å². The van der Waals surface area contributed by atoms with Gasteiger partial charge in [0, 0.05) is 11.1 Å². The fourth-order valence-electron chi connectivity index (χ4n) is 2.78. The van der Waals surface area contributed by atoms with Crippen molar-refractivity contribution in [3.63, 3.8) is 0 Å². The van der Waals surface area contributed by atoms with Crippen LogP contribution in [0.15, 0.2) is 11.1 Å². The van der Waals surface area contributed by atoms with Gasteiger partial charge in [-0.3, -0.25) is 9.59 Å². The van der Waals surface area contributed by atoms with Crippen molar-refractivity contribution in [1.29, 1.82) is 0 Å². The van der Waals surface area contributed by atoms with Gasteiger partial charge in [0.25, 0.3) is 0 Å². The van der Waals surface area contributed by atoms with Gasteiger partial charge in [0.05, 0.1) is 11.8 Å². The zero-order valence-corrected chi connectivity index (χ0v) is 9.43. The number of hydrogen-bond donors (Lipinski definition) is 0. The molecular weight excluding hydrogens is 240 g/mol. The van der Waals surface area contributed by atoms with Crippen LogP contribution in [0.4, 0.5) is 0 Å². The number of ether oxygens (including phenoxy) is 2. The Morgan fingerprint density at radius 3 is 1.61 bits per heavy atom. The Balaban J connectivity index is 1.91. The molecule has 6 nitrogen and oxygen atoms in total. The Morgan fingerprint density at radius 2 is 1.17 bits per heavy atom. The molecule has 0 aromatic carbocycles. The van der Waals surface area contributed by atoms with E-state index in [-0.39, 0.29) is 12.8 Å². The van der Waals surface area contributed by atoms with Crippen molar-refractivity contribution in [2.24, 2.45) is 11.8 Å². The summed E-state index contributed by atoms with van der Waals surface area (Å²) in [4.78, 5) is 45.8. The monoisotopic (exact) mass is 250 g/mol. The molecular formula is C12H10O6. The normalized spacial score (nSPS) is 31.6. The maximum atomic E-state index is 11.5. The second-order valence-electron chi connectivity index (χ2n) is 4.66. The standard InChI is InChI=1S/C12H10O6/c13-9-5-1-2-6-8(12(16)18-10(6)14)4-3-7(5)11(15)17-9/h5,7H,1-4H2. The molecule has 0 aromatic heterocycles. The van der Waals surface area contributed by atoms with Gasteiger partial charge in [0.1, 0.15) is 0 Å². The Morgan fingerprint density at radius 1 is 0.722 bits per heavy atom. The van der Waals surface area contributed by atoms with Crippen molar-refractivity contribution in [3.05, 3.63) is 11.1 Å². The SMILES string of the molecule is O=C1OC(=O)C2=C1CCC1C(=O)OC(=O)C1CC2. The van der Waals surface area contributed by atoms with Crippen LogP contribution in [0.25, 0.3) is 0 Å². The fraction of sp³-hybridized carbons (Fsp3) is 0.500. The zero-order valence-electron chi connectivity index (χ0n) is 9.43. The molecule has 1 saturated heterocycles. The lowest BCUT2D eigenvalue weighted by molar-refractivity contribution is -0.155. The highest BCUT2D eigenvalue weighted by Gasteiger charge is 2.46. The van der Waals surface area contributed by atoms with E-state index in [9.17, 15) is 19.2 Å². The molecule has 0 spiro atoms. The van der Waals surface area contributed by atoms with Gasteiger partial charge in [-0.25, -0.2) is 9.59 Å². The molecule has 1 fully saturated rings. The molecule has 0 amide bonds. The summed E-state index contributed by atoms with van der Waals surface area (Å²) < 4.78 is 9.14. The molecule has 2 unspecified atom stereocenters. The number of esters is 4. The molecule has 3 rings (SSSR count). The van der Waals surface area contributed by atoms with Crippen molar-refractivity contribution < 1.29 is 28.7 Å². The van der Waals surface area contributed by atoms with Crippen LogP contribution in [0.5, 0.6) is 0 Å². The molecule has 2 heterocycles. The smallest absolute Gasteiger partial charge is 0.342 e. The number of hydrogen-bond acceptors (Lipinski definition) is 6. The van der Waals surface area contributed by atoms with Crippen molar-refractivity contribution in [2.75, 3.05) is 0 Å². The highest BCUT2D eigenvalue weighted by atomic mass is 16.6. The summed E-state index contributed by atoms with van der Waals surface area (Å²) in [6, 6.07) is 0. The van der Waals surface area contributed by atoms with E-state index in [0.29, 0.717) is 24.0 Å². The second kappa shape index (κ2) is 3.76. The van der Waals surface area contributed by atoms with Crippen LogP contribution in [-0.2, 0) is 28.7 Å². The summed E-state index contributed by atoms with van der Waals surface area (Å²) in [5.74, 6) is -3.26. The maximum absolute atomic E-state index is 11.5. The van der Waals surface area contributed by atoms with Gasteiger partial charge in [0.2, 0.25) is 0 Å². The quantitative estimate of drug-likeness (QED) is 0.452. The average Bonchev–Trinajstić information content (AvgIpc) is 2.65. The summed E-state index contributed by atoms with van der Waals surface area (Å²) in [5.41, 5.74) is 0.705. The number of fused-ring (bicyclic) bond motifs is 1. The summed E-state index contributed by atoms with van der Waals surface area (Å²) in [6.07, 6.45) is 1.25. The molecule has 0 saturated carbocycles. The second-order valence-corrected chi connectivity index (χ2v) is 4.66. The fourth-order valence-corrected chi connectivity index (χ4v) is 2.78. The Bertz CT molecular complexity index is 471. The van der Waals surface area contributed by atoms with E-state index < -0.39 is 35.7 Å². The van der Waals surface area contributed by atoms with E-state index in [1.54, 1.807) is 0 Å². The van der Waals surface area contributed by atoms with E-state index in [1.807, 2.05) is 0 Å². The lowest BCUT2D eigenvalue weighted by Gasteiger charge is -2.16. The minimum Gasteiger partial charge on any atom is -0.393 e. The van der Waals surface area contributed by atoms with Gasteiger partial charge in [-0.05, 0) is 25.7 Å². The molecule has 2 aliphatic heterocycles. The molecule has 18 heavy (non-hydrogen) atoms. The molecule has 0 N–H and O–H groups in total. The van der Waals surface area contributed by atoms with Crippen molar-refractivity contribution in [3.8, 4) is 0 Å². The number of rotatable bonds is 0. The lowest BCUT2D eigenvalue weighted by Crippen LogP contribution is -2.20. The minimum atomic E-state index is -0.619. The van der Waals surface area contributed by atoms with Crippen molar-refractivity contribution in [2.45, 2.75) is 25.7 Å². The molecule has 1 aliphatic carbocycles. The first-order valence-corrected chi connectivity index (χ1v) is 5.82. The molecule has 2 atom stereocenters. The van der Waals surface area contributed by atoms with E-state index in [4.69, 9.17) is 0 Å². The van der Waals surface area contributed by atoms with E-state index >= 15 is 0 Å². The first kappa shape index (κ1) is 11.1. The third-order valence-electron chi connectivity index (χ3n) is 3.75. The van der Waals surface area contributed by atoms with Crippen LogP contribution in [0.3, 0.4) is 0 Å². The highest BCUT2D eigenvalue weighted by Crippen LogP contribution is 2.38. The van der Waals surface area contributed by atoms with E-state index in [2.05, 4.69) is 9.47 Å². The van der Waals surface area contributed by atoms with Crippen LogP contribution >= 0.6 is 0 Å². The van der Waals surface area contributed by atoms with Crippen LogP contribution < -0.4 is 0 Å². The van der Waals surface area contributed by atoms with E-state index in [0.717, 1.165) is 0 Å². The first-order valence-electron chi connectivity index (χ1n) is 5.82. The predicted molar refractivity (Wildman–Crippen MR) is 54.7 cm³/mol. The Kier molecular flexibility index (Phi) is 2.33. The first-order chi connectivity index (χ1) is 8.58. The summed E-state index contributed by atoms with van der Waals surface area (Å²) in [7, 11) is 0. The lowest BCUT2D eigenvalue weighted by atomic mass is 9.81. The van der Waals surface area contributed by atoms with Crippen molar-refractivity contribution >= 4 is 23.9 Å². The van der Waals surface area contributed by atoms with Gasteiger partial charge < -0.3 is 9.47 Å². The molecule has 0 radical (unpaired) electrons. The van der Waals surface area contributed by atoms with Gasteiger partial charge in [-0.2, -0.15) is 0 Å². The molecule has 0 bridgehead atoms. The van der Waals surface area contributed by atoms with Crippen LogP contribution in [0.2, 0.25) is 0 Å². The third-order valence-corrected chi connectivity index (χ3v) is 3.75. The van der Waals surface area contributed by atoms with Gasteiger partial charge in [0.15, 0.2) is 0 Å². The largest absolute Gasteiger partial charge is 0.393 e. The Labute approximate surface area is 102 Å². The summed E-state index contributed by atoms with van der Waals surface area (Å²) >= 11 is 0. The van der Waals surface area contributed by atoms with Gasteiger partial charge in [-0.1, -0.05) is 0 Å². The number of carbonyl (C=O) groups excluding carboxylic acids is 4. The zero-order chi connectivity index (χ0) is 12.9. The number of cyclic esters (lactones) is 4. The highest BCUT2D eigenvalue weighted by molar-refractivity contribution is 6.12. The van der Waals surface area contributed by atoms with E-state index in [1.165, 1.54) is 0 Å². The molecule has 94 valence electrons.